The van der Waals surface area contributed by atoms with Crippen LogP contribution in [0.5, 0.6) is 5.75 Å². The number of rotatable bonds is 5. The van der Waals surface area contributed by atoms with E-state index in [1.165, 1.54) is 12.0 Å². The molecule has 3 aromatic rings. The second-order valence-electron chi connectivity index (χ2n) is 9.31. The average molecular weight is 505 g/mol. The zero-order chi connectivity index (χ0) is 25.9. The molecular weight excluding hydrogens is 482 g/mol. The Balaban J connectivity index is 1.36. The third-order valence-corrected chi connectivity index (χ3v) is 7.00. The fourth-order valence-electron chi connectivity index (χ4n) is 4.98. The van der Waals surface area contributed by atoms with Gasteiger partial charge in [-0.05, 0) is 42.8 Å². The normalized spacial score (nSPS) is 25.0. The Morgan fingerprint density at radius 1 is 1.03 bits per heavy atom. The molecule has 1 aromatic heterocycles. The zero-order valence-electron chi connectivity index (χ0n) is 20.0. The lowest BCUT2D eigenvalue weighted by atomic mass is 9.94. The van der Waals surface area contributed by atoms with Crippen molar-refractivity contribution in [3.8, 4) is 5.75 Å². The average Bonchev–Trinajstić information content (AvgIpc) is 3.52. The predicted octanol–water partition coefficient (Wildman–Crippen LogP) is 1.59. The van der Waals surface area contributed by atoms with E-state index in [-0.39, 0.29) is 37.5 Å². The number of hydrogen-bond acceptors (Lipinski definition) is 7. The first-order valence-corrected chi connectivity index (χ1v) is 11.6. The molecule has 3 aliphatic heterocycles. The third-order valence-electron chi connectivity index (χ3n) is 7.00. The lowest BCUT2D eigenvalue weighted by Crippen LogP contribution is -2.56. The molecule has 2 fully saturated rings. The standard InChI is InChI=1S/C25H23N5O7/c1-24(28-22(33)26-12-36-24)15-4-6-18-14(7-15)8-19(37-18)25(21(32)27-23(34)29-25)11-30-10-13-3-5-16(35-2)9-17(13)20(30)31/h3-9H,10-12H2,1-2H3,(H2,26,28,33)(H2,27,29,32,34)/t24?,25-/m0/s1. The maximum absolute atomic E-state index is 13.2. The quantitative estimate of drug-likeness (QED) is 0.385. The summed E-state index contributed by atoms with van der Waals surface area (Å²) in [6.45, 7) is 1.89. The molecule has 0 saturated carbocycles. The van der Waals surface area contributed by atoms with Crippen LogP contribution in [0.2, 0.25) is 0 Å². The minimum atomic E-state index is -1.64. The van der Waals surface area contributed by atoms with Crippen LogP contribution in [0.15, 0.2) is 46.9 Å². The summed E-state index contributed by atoms with van der Waals surface area (Å²) >= 11 is 0. The van der Waals surface area contributed by atoms with E-state index < -0.39 is 23.2 Å². The number of urea groups is 2. The van der Waals surface area contributed by atoms with Gasteiger partial charge in [0, 0.05) is 23.1 Å². The highest BCUT2D eigenvalue weighted by Crippen LogP contribution is 2.36. The van der Waals surface area contributed by atoms with Gasteiger partial charge in [-0.1, -0.05) is 12.1 Å². The Bertz CT molecular complexity index is 1500. The van der Waals surface area contributed by atoms with Crippen molar-refractivity contribution in [3.63, 3.8) is 0 Å². The first kappa shape index (κ1) is 22.9. The molecule has 2 atom stereocenters. The Hall–Kier alpha value is -4.58. The molecule has 190 valence electrons. The molecule has 4 N–H and O–H groups in total. The van der Waals surface area contributed by atoms with Crippen molar-refractivity contribution in [2.45, 2.75) is 24.7 Å². The number of nitrogens with one attached hydrogen (secondary N) is 4. The summed E-state index contributed by atoms with van der Waals surface area (Å²) < 4.78 is 17.0. The molecule has 4 heterocycles. The van der Waals surface area contributed by atoms with Crippen LogP contribution in [0.1, 0.15) is 34.2 Å². The largest absolute Gasteiger partial charge is 0.497 e. The first-order chi connectivity index (χ1) is 17.7. The summed E-state index contributed by atoms with van der Waals surface area (Å²) in [7, 11) is 1.52. The van der Waals surface area contributed by atoms with E-state index in [0.717, 1.165) is 5.56 Å². The highest BCUT2D eigenvalue weighted by molar-refractivity contribution is 6.08. The minimum absolute atomic E-state index is 0.0461. The molecule has 6 rings (SSSR count). The van der Waals surface area contributed by atoms with E-state index in [1.54, 1.807) is 49.4 Å². The van der Waals surface area contributed by atoms with Crippen molar-refractivity contribution >= 4 is 34.8 Å². The molecule has 6 amide bonds. The molecule has 37 heavy (non-hydrogen) atoms. The number of benzene rings is 2. The monoisotopic (exact) mass is 505 g/mol. The van der Waals surface area contributed by atoms with Gasteiger partial charge in [0.25, 0.3) is 11.8 Å². The van der Waals surface area contributed by atoms with Crippen molar-refractivity contribution in [3.05, 3.63) is 64.9 Å². The second-order valence-corrected chi connectivity index (χ2v) is 9.31. The summed E-state index contributed by atoms with van der Waals surface area (Å²) in [6.07, 6.45) is 0. The number of nitrogens with zero attached hydrogens (tertiary/aromatic N) is 1. The van der Waals surface area contributed by atoms with Crippen molar-refractivity contribution in [1.82, 2.24) is 26.2 Å². The molecule has 3 aliphatic rings. The summed E-state index contributed by atoms with van der Waals surface area (Å²) in [5.74, 6) is -0.192. The van der Waals surface area contributed by atoms with E-state index in [2.05, 4.69) is 21.3 Å². The zero-order valence-corrected chi connectivity index (χ0v) is 20.0. The van der Waals surface area contributed by atoms with Gasteiger partial charge in [0.2, 0.25) is 0 Å². The van der Waals surface area contributed by atoms with Gasteiger partial charge in [0.05, 0.1) is 13.7 Å². The molecule has 2 aromatic carbocycles. The van der Waals surface area contributed by atoms with Crippen molar-refractivity contribution in [2.24, 2.45) is 0 Å². The number of carbonyl (C=O) groups excluding carboxylic acids is 4. The number of methoxy groups -OCH3 is 1. The van der Waals surface area contributed by atoms with Gasteiger partial charge in [0.1, 0.15) is 23.8 Å². The van der Waals surface area contributed by atoms with Gasteiger partial charge in [-0.15, -0.1) is 0 Å². The fourth-order valence-corrected chi connectivity index (χ4v) is 4.98. The molecule has 1 unspecified atom stereocenters. The number of furan rings is 1. The predicted molar refractivity (Wildman–Crippen MR) is 127 cm³/mol. The lowest BCUT2D eigenvalue weighted by Gasteiger charge is -2.35. The molecule has 0 aliphatic carbocycles. The topological polar surface area (TPSA) is 151 Å². The Kier molecular flexibility index (Phi) is 4.92. The van der Waals surface area contributed by atoms with E-state index in [0.29, 0.717) is 27.8 Å². The molecule has 12 nitrogen and oxygen atoms in total. The number of amides is 6. The van der Waals surface area contributed by atoms with Gasteiger partial charge >= 0.3 is 12.1 Å². The lowest BCUT2D eigenvalue weighted by molar-refractivity contribution is -0.125. The highest BCUT2D eigenvalue weighted by Gasteiger charge is 2.53. The number of fused-ring (bicyclic) bond motifs is 2. The van der Waals surface area contributed by atoms with Crippen LogP contribution in [-0.2, 0) is 27.3 Å². The van der Waals surface area contributed by atoms with E-state index in [4.69, 9.17) is 13.9 Å². The Labute approximate surface area is 210 Å². The first-order valence-electron chi connectivity index (χ1n) is 11.6. The van der Waals surface area contributed by atoms with Crippen LogP contribution >= 0.6 is 0 Å². The number of imide groups is 1. The van der Waals surface area contributed by atoms with Crippen LogP contribution in [0.25, 0.3) is 11.0 Å². The van der Waals surface area contributed by atoms with Gasteiger partial charge in [0.15, 0.2) is 11.3 Å². The number of carbonyl (C=O) groups is 4. The van der Waals surface area contributed by atoms with Gasteiger partial charge in [-0.25, -0.2) is 9.59 Å². The highest BCUT2D eigenvalue weighted by atomic mass is 16.5. The molecule has 2 saturated heterocycles. The number of hydrogen-bond donors (Lipinski definition) is 4. The van der Waals surface area contributed by atoms with Gasteiger partial charge < -0.3 is 34.7 Å². The van der Waals surface area contributed by atoms with Gasteiger partial charge in [-0.3, -0.25) is 14.9 Å². The summed E-state index contributed by atoms with van der Waals surface area (Å²) in [4.78, 5) is 52.0. The number of ether oxygens (including phenoxy) is 2. The summed E-state index contributed by atoms with van der Waals surface area (Å²) in [5.41, 5.74) is -0.323. The Morgan fingerprint density at radius 3 is 2.59 bits per heavy atom. The molecule has 0 spiro atoms. The van der Waals surface area contributed by atoms with Crippen molar-refractivity contribution in [1.29, 1.82) is 0 Å². The summed E-state index contributed by atoms with van der Waals surface area (Å²) in [6, 6.07) is 11.0. The van der Waals surface area contributed by atoms with Crippen LogP contribution < -0.4 is 26.0 Å². The van der Waals surface area contributed by atoms with Crippen LogP contribution in [0, 0.1) is 0 Å². The maximum Gasteiger partial charge on any atom is 0.322 e. The van der Waals surface area contributed by atoms with Crippen molar-refractivity contribution < 1.29 is 33.1 Å². The van der Waals surface area contributed by atoms with Crippen LogP contribution in [0.3, 0.4) is 0 Å². The Morgan fingerprint density at radius 2 is 1.86 bits per heavy atom. The molecule has 12 heteroatoms. The van der Waals surface area contributed by atoms with E-state index in [1.807, 2.05) is 0 Å². The molecular formula is C25H23N5O7. The van der Waals surface area contributed by atoms with Gasteiger partial charge in [-0.2, -0.15) is 0 Å². The second kappa shape index (κ2) is 7.96. The van der Waals surface area contributed by atoms with Crippen LogP contribution in [-0.4, -0.2) is 49.2 Å². The SMILES string of the molecule is COc1ccc2c(c1)C(=O)N(C[C@@]1(c3cc4cc(C5(C)NC(=O)NCO5)ccc4o3)NC(=O)NC1=O)C2. The maximum atomic E-state index is 13.2. The summed E-state index contributed by atoms with van der Waals surface area (Å²) in [5, 5.41) is 10.9. The molecule has 0 radical (unpaired) electrons. The van der Waals surface area contributed by atoms with E-state index in [9.17, 15) is 19.2 Å². The minimum Gasteiger partial charge on any atom is -0.497 e. The molecule has 0 bridgehead atoms. The fraction of sp³-hybridized carbons (Fsp3) is 0.280. The third kappa shape index (κ3) is 3.56. The smallest absolute Gasteiger partial charge is 0.322 e. The van der Waals surface area contributed by atoms with Crippen LogP contribution in [0.4, 0.5) is 9.59 Å². The van der Waals surface area contributed by atoms with Crippen molar-refractivity contribution in [2.75, 3.05) is 20.4 Å². The van der Waals surface area contributed by atoms with E-state index >= 15 is 0 Å².